The Morgan fingerprint density at radius 2 is 1.85 bits per heavy atom. The summed E-state index contributed by atoms with van der Waals surface area (Å²) in [5, 5.41) is 12.9. The smallest absolute Gasteiger partial charge is 0.119 e. The standard InChI is InChI=1S/C11H15NO/c1-7-3-10(9-5-12-6-9)11(13)4-8(7)2/h3-4,9,12-13H,5-6H2,1-2H3. The van der Waals surface area contributed by atoms with E-state index in [1.54, 1.807) is 0 Å². The molecule has 0 spiro atoms. The van der Waals surface area contributed by atoms with Gasteiger partial charge in [0.2, 0.25) is 0 Å². The average molecular weight is 177 g/mol. The normalized spacial score (nSPS) is 17.1. The second-order valence-electron chi connectivity index (χ2n) is 3.85. The summed E-state index contributed by atoms with van der Waals surface area (Å²) in [6.07, 6.45) is 0. The number of phenolic OH excluding ortho intramolecular Hbond substituents is 1. The molecule has 13 heavy (non-hydrogen) atoms. The van der Waals surface area contributed by atoms with Crippen molar-refractivity contribution in [2.75, 3.05) is 13.1 Å². The van der Waals surface area contributed by atoms with Crippen molar-refractivity contribution >= 4 is 0 Å². The number of hydrogen-bond donors (Lipinski definition) is 2. The van der Waals surface area contributed by atoms with Gasteiger partial charge in [-0.25, -0.2) is 0 Å². The molecule has 0 aliphatic carbocycles. The molecule has 0 aromatic heterocycles. The Bertz CT molecular complexity index is 329. The lowest BCUT2D eigenvalue weighted by atomic mass is 9.90. The summed E-state index contributed by atoms with van der Waals surface area (Å²) in [4.78, 5) is 0. The van der Waals surface area contributed by atoms with E-state index in [4.69, 9.17) is 0 Å². The van der Waals surface area contributed by atoms with Crippen molar-refractivity contribution in [3.8, 4) is 5.75 Å². The van der Waals surface area contributed by atoms with Crippen LogP contribution in [0.25, 0.3) is 0 Å². The fourth-order valence-electron chi connectivity index (χ4n) is 1.66. The van der Waals surface area contributed by atoms with E-state index in [0.717, 1.165) is 24.2 Å². The second-order valence-corrected chi connectivity index (χ2v) is 3.85. The van der Waals surface area contributed by atoms with Gasteiger partial charge in [0.1, 0.15) is 5.75 Å². The molecular formula is C11H15NO. The first-order chi connectivity index (χ1) is 6.18. The SMILES string of the molecule is Cc1cc(O)c(C2CNC2)cc1C. The van der Waals surface area contributed by atoms with Crippen LogP contribution in [0.1, 0.15) is 22.6 Å². The maximum absolute atomic E-state index is 9.72. The molecule has 1 aromatic rings. The predicted molar refractivity (Wildman–Crippen MR) is 53.2 cm³/mol. The Labute approximate surface area is 78.6 Å². The van der Waals surface area contributed by atoms with Crippen LogP contribution in [0.15, 0.2) is 12.1 Å². The van der Waals surface area contributed by atoms with Gasteiger partial charge in [0, 0.05) is 19.0 Å². The van der Waals surface area contributed by atoms with Crippen LogP contribution in [0.5, 0.6) is 5.75 Å². The first-order valence-electron chi connectivity index (χ1n) is 4.69. The molecule has 1 heterocycles. The molecule has 2 heteroatoms. The van der Waals surface area contributed by atoms with Crippen molar-refractivity contribution < 1.29 is 5.11 Å². The first-order valence-corrected chi connectivity index (χ1v) is 4.69. The number of hydrogen-bond acceptors (Lipinski definition) is 2. The molecule has 0 atom stereocenters. The average Bonchev–Trinajstić information content (AvgIpc) is 1.96. The monoisotopic (exact) mass is 177 g/mol. The third kappa shape index (κ3) is 1.42. The van der Waals surface area contributed by atoms with Crippen LogP contribution in [0.4, 0.5) is 0 Å². The van der Waals surface area contributed by atoms with E-state index in [0.29, 0.717) is 11.7 Å². The van der Waals surface area contributed by atoms with Gasteiger partial charge in [0.05, 0.1) is 0 Å². The number of aryl methyl sites for hydroxylation is 2. The van der Waals surface area contributed by atoms with Gasteiger partial charge < -0.3 is 10.4 Å². The molecule has 0 radical (unpaired) electrons. The summed E-state index contributed by atoms with van der Waals surface area (Å²) in [7, 11) is 0. The molecule has 1 saturated heterocycles. The van der Waals surface area contributed by atoms with Gasteiger partial charge in [-0.05, 0) is 36.6 Å². The van der Waals surface area contributed by atoms with E-state index in [2.05, 4.69) is 18.3 Å². The van der Waals surface area contributed by atoms with Crippen molar-refractivity contribution in [1.82, 2.24) is 5.32 Å². The minimum absolute atomic E-state index is 0.453. The van der Waals surface area contributed by atoms with E-state index < -0.39 is 0 Å². The van der Waals surface area contributed by atoms with E-state index in [1.807, 2.05) is 13.0 Å². The molecule has 2 nitrogen and oxygen atoms in total. The molecule has 1 aliphatic rings. The molecule has 1 aromatic carbocycles. The van der Waals surface area contributed by atoms with Gasteiger partial charge in [-0.1, -0.05) is 6.07 Å². The van der Waals surface area contributed by atoms with Crippen LogP contribution in [-0.4, -0.2) is 18.2 Å². The molecule has 0 saturated carbocycles. The Hall–Kier alpha value is -1.02. The summed E-state index contributed by atoms with van der Waals surface area (Å²) in [6.45, 7) is 6.11. The van der Waals surface area contributed by atoms with E-state index >= 15 is 0 Å². The molecule has 70 valence electrons. The molecular weight excluding hydrogens is 162 g/mol. The zero-order valence-electron chi connectivity index (χ0n) is 8.09. The Balaban J connectivity index is 2.39. The highest BCUT2D eigenvalue weighted by atomic mass is 16.3. The fraction of sp³-hybridized carbons (Fsp3) is 0.455. The lowest BCUT2D eigenvalue weighted by molar-refractivity contribution is 0.413. The molecule has 1 aliphatic heterocycles. The summed E-state index contributed by atoms with van der Waals surface area (Å²) < 4.78 is 0. The largest absolute Gasteiger partial charge is 0.508 e. The Morgan fingerprint density at radius 3 is 2.38 bits per heavy atom. The van der Waals surface area contributed by atoms with Crippen LogP contribution in [0.2, 0.25) is 0 Å². The topological polar surface area (TPSA) is 32.3 Å². The molecule has 2 N–H and O–H groups in total. The lowest BCUT2D eigenvalue weighted by Gasteiger charge is -2.28. The van der Waals surface area contributed by atoms with Crippen LogP contribution in [-0.2, 0) is 0 Å². The quantitative estimate of drug-likeness (QED) is 0.684. The van der Waals surface area contributed by atoms with Crippen molar-refractivity contribution in [2.24, 2.45) is 0 Å². The maximum Gasteiger partial charge on any atom is 0.119 e. The minimum Gasteiger partial charge on any atom is -0.508 e. The van der Waals surface area contributed by atoms with E-state index in [1.165, 1.54) is 5.56 Å². The highest BCUT2D eigenvalue weighted by molar-refractivity contribution is 5.43. The van der Waals surface area contributed by atoms with Gasteiger partial charge in [0.25, 0.3) is 0 Å². The van der Waals surface area contributed by atoms with Crippen molar-refractivity contribution in [2.45, 2.75) is 19.8 Å². The van der Waals surface area contributed by atoms with Gasteiger partial charge in [-0.2, -0.15) is 0 Å². The molecule has 0 bridgehead atoms. The maximum atomic E-state index is 9.72. The third-order valence-electron chi connectivity index (χ3n) is 2.86. The molecule has 2 rings (SSSR count). The Kier molecular flexibility index (Phi) is 2.00. The van der Waals surface area contributed by atoms with Crippen LogP contribution in [0.3, 0.4) is 0 Å². The lowest BCUT2D eigenvalue weighted by Crippen LogP contribution is -2.39. The molecule has 1 fully saturated rings. The zero-order chi connectivity index (χ0) is 9.42. The molecule has 0 unspecified atom stereocenters. The highest BCUT2D eigenvalue weighted by Crippen LogP contribution is 2.30. The van der Waals surface area contributed by atoms with E-state index in [9.17, 15) is 5.11 Å². The zero-order valence-corrected chi connectivity index (χ0v) is 8.09. The minimum atomic E-state index is 0.453. The first kappa shape index (κ1) is 8.57. The number of aromatic hydroxyl groups is 1. The number of benzene rings is 1. The van der Waals surface area contributed by atoms with Crippen LogP contribution in [0, 0.1) is 13.8 Å². The molecule has 0 amide bonds. The van der Waals surface area contributed by atoms with Crippen molar-refractivity contribution in [3.63, 3.8) is 0 Å². The number of rotatable bonds is 1. The van der Waals surface area contributed by atoms with Crippen LogP contribution < -0.4 is 5.32 Å². The highest BCUT2D eigenvalue weighted by Gasteiger charge is 2.22. The summed E-state index contributed by atoms with van der Waals surface area (Å²) in [6, 6.07) is 3.97. The van der Waals surface area contributed by atoms with Gasteiger partial charge in [-0.3, -0.25) is 0 Å². The summed E-state index contributed by atoms with van der Waals surface area (Å²) in [5.41, 5.74) is 3.52. The van der Waals surface area contributed by atoms with Crippen LogP contribution >= 0.6 is 0 Å². The Morgan fingerprint density at radius 1 is 1.23 bits per heavy atom. The summed E-state index contributed by atoms with van der Waals surface area (Å²) in [5.74, 6) is 0.967. The number of nitrogens with one attached hydrogen (secondary N) is 1. The van der Waals surface area contributed by atoms with Crippen molar-refractivity contribution in [1.29, 1.82) is 0 Å². The van der Waals surface area contributed by atoms with Gasteiger partial charge in [-0.15, -0.1) is 0 Å². The van der Waals surface area contributed by atoms with Gasteiger partial charge >= 0.3 is 0 Å². The predicted octanol–water partition coefficient (Wildman–Crippen LogP) is 1.70. The fourth-order valence-corrected chi connectivity index (χ4v) is 1.66. The van der Waals surface area contributed by atoms with Crippen molar-refractivity contribution in [3.05, 3.63) is 28.8 Å². The third-order valence-corrected chi connectivity index (χ3v) is 2.86. The summed E-state index contributed by atoms with van der Waals surface area (Å²) >= 11 is 0. The van der Waals surface area contributed by atoms with E-state index in [-0.39, 0.29) is 0 Å². The van der Waals surface area contributed by atoms with Gasteiger partial charge in [0.15, 0.2) is 0 Å². The number of phenols is 1. The second kappa shape index (κ2) is 3.04.